The lowest BCUT2D eigenvalue weighted by Crippen LogP contribution is -2.33. The summed E-state index contributed by atoms with van der Waals surface area (Å²) in [5.74, 6) is -0.398. The van der Waals surface area contributed by atoms with Crippen LogP contribution < -0.4 is 9.47 Å². The maximum Gasteiger partial charge on any atom is 0.257 e. The zero-order chi connectivity index (χ0) is 25.8. The van der Waals surface area contributed by atoms with E-state index < -0.39 is 5.41 Å². The van der Waals surface area contributed by atoms with Gasteiger partial charge in [-0.2, -0.15) is 0 Å². The fourth-order valence-electron chi connectivity index (χ4n) is 3.74. The predicted octanol–water partition coefficient (Wildman–Crippen LogP) is 4.30. The number of rotatable bonds is 7. The Balaban J connectivity index is 3.02. The summed E-state index contributed by atoms with van der Waals surface area (Å²) in [6.45, 7) is 5.82. The first-order chi connectivity index (χ1) is 15.9. The van der Waals surface area contributed by atoms with Crippen molar-refractivity contribution in [2.75, 3.05) is 42.4 Å². The van der Waals surface area contributed by atoms with Gasteiger partial charge in [-0.3, -0.25) is 14.4 Å². The van der Waals surface area contributed by atoms with E-state index in [1.54, 1.807) is 58.5 Å². The third-order valence-electron chi connectivity index (χ3n) is 5.30. The molecule has 0 bridgehead atoms. The number of ketones is 1. The number of allylic oxidation sites excluding steroid dienone is 1. The molecule has 2 rings (SSSR count). The SMILES string of the molecule is COc1c(C=CC(=O)c2ccccc2)c(OC)c(C(C)(C)C)c(C(=O)N(C)C)c1C(=O)N(C)C. The Morgan fingerprint density at radius 2 is 1.29 bits per heavy atom. The topological polar surface area (TPSA) is 76.1 Å². The highest BCUT2D eigenvalue weighted by Gasteiger charge is 2.37. The van der Waals surface area contributed by atoms with Gasteiger partial charge in [-0.05, 0) is 17.6 Å². The van der Waals surface area contributed by atoms with Crippen molar-refractivity contribution in [3.05, 3.63) is 64.2 Å². The number of ether oxygens (including phenoxy) is 2. The monoisotopic (exact) mass is 466 g/mol. The van der Waals surface area contributed by atoms with Crippen LogP contribution in [0, 0.1) is 0 Å². The number of carbonyl (C=O) groups excluding carboxylic acids is 3. The van der Waals surface area contributed by atoms with Crippen molar-refractivity contribution in [2.45, 2.75) is 26.2 Å². The summed E-state index contributed by atoms with van der Waals surface area (Å²) >= 11 is 0. The summed E-state index contributed by atoms with van der Waals surface area (Å²) in [6.07, 6.45) is 3.00. The number of hydrogen-bond acceptors (Lipinski definition) is 5. The minimum absolute atomic E-state index is 0.128. The molecule has 7 nitrogen and oxygen atoms in total. The van der Waals surface area contributed by atoms with Crippen LogP contribution in [0.2, 0.25) is 0 Å². The van der Waals surface area contributed by atoms with Crippen LogP contribution in [0.4, 0.5) is 0 Å². The smallest absolute Gasteiger partial charge is 0.257 e. The Morgan fingerprint density at radius 3 is 1.74 bits per heavy atom. The molecule has 0 spiro atoms. The standard InChI is InChI=1S/C27H34N2O5/c1-27(2,3)22-20(25(31)28(4)5)21(26(32)29(6)7)23(33-8)18(24(22)34-9)15-16-19(30)17-13-11-10-12-14-17/h10-16H,1-9H3. The van der Waals surface area contributed by atoms with Crippen molar-refractivity contribution < 1.29 is 23.9 Å². The number of amides is 2. The van der Waals surface area contributed by atoms with Crippen molar-refractivity contribution in [3.8, 4) is 11.5 Å². The van der Waals surface area contributed by atoms with Crippen LogP contribution in [-0.4, -0.2) is 69.8 Å². The maximum absolute atomic E-state index is 13.4. The Hall–Kier alpha value is -3.61. The van der Waals surface area contributed by atoms with Crippen molar-refractivity contribution in [2.24, 2.45) is 0 Å². The van der Waals surface area contributed by atoms with Gasteiger partial charge in [0.05, 0.1) is 30.9 Å². The zero-order valence-corrected chi connectivity index (χ0v) is 21.5. The van der Waals surface area contributed by atoms with Gasteiger partial charge in [0.15, 0.2) is 5.78 Å². The molecule has 0 aliphatic rings. The third-order valence-corrected chi connectivity index (χ3v) is 5.30. The Morgan fingerprint density at radius 1 is 0.794 bits per heavy atom. The molecule has 0 aromatic heterocycles. The molecule has 0 saturated carbocycles. The van der Waals surface area contributed by atoms with Gasteiger partial charge in [-0.25, -0.2) is 0 Å². The number of carbonyl (C=O) groups is 3. The molecule has 0 aliphatic carbocycles. The molecule has 0 radical (unpaired) electrons. The molecule has 2 amide bonds. The average Bonchev–Trinajstić information content (AvgIpc) is 2.79. The maximum atomic E-state index is 13.4. The van der Waals surface area contributed by atoms with Crippen LogP contribution in [0.15, 0.2) is 36.4 Å². The first-order valence-electron chi connectivity index (χ1n) is 10.9. The van der Waals surface area contributed by atoms with E-state index in [1.807, 2.05) is 26.8 Å². The fraction of sp³-hybridized carbons (Fsp3) is 0.370. The molecule has 0 fully saturated rings. The molecule has 0 aliphatic heterocycles. The van der Waals surface area contributed by atoms with Gasteiger partial charge in [0.25, 0.3) is 11.8 Å². The summed E-state index contributed by atoms with van der Waals surface area (Å²) < 4.78 is 11.5. The number of benzene rings is 2. The van der Waals surface area contributed by atoms with Gasteiger partial charge in [0.2, 0.25) is 0 Å². The lowest BCUT2D eigenvalue weighted by Gasteiger charge is -2.31. The summed E-state index contributed by atoms with van der Waals surface area (Å²) in [4.78, 5) is 42.4. The summed E-state index contributed by atoms with van der Waals surface area (Å²) in [5.41, 5.74) is 1.27. The van der Waals surface area contributed by atoms with Crippen LogP contribution >= 0.6 is 0 Å². The molecular formula is C27H34N2O5. The summed E-state index contributed by atoms with van der Waals surface area (Å²) in [6, 6.07) is 8.86. The molecule has 2 aromatic carbocycles. The van der Waals surface area contributed by atoms with Gasteiger partial charge in [-0.15, -0.1) is 0 Å². The molecule has 7 heteroatoms. The molecule has 0 saturated heterocycles. The van der Waals surface area contributed by atoms with Crippen molar-refractivity contribution in [1.29, 1.82) is 0 Å². The van der Waals surface area contributed by atoms with Crippen LogP contribution in [-0.2, 0) is 5.41 Å². The largest absolute Gasteiger partial charge is 0.496 e. The highest BCUT2D eigenvalue weighted by atomic mass is 16.5. The van der Waals surface area contributed by atoms with E-state index in [0.29, 0.717) is 22.4 Å². The molecule has 0 atom stereocenters. The fourth-order valence-corrected chi connectivity index (χ4v) is 3.74. The predicted molar refractivity (Wildman–Crippen MR) is 134 cm³/mol. The highest BCUT2D eigenvalue weighted by molar-refractivity contribution is 6.12. The number of hydrogen-bond donors (Lipinski definition) is 0. The minimum atomic E-state index is -0.577. The van der Waals surface area contributed by atoms with Crippen LogP contribution in [0.5, 0.6) is 11.5 Å². The van der Waals surface area contributed by atoms with Crippen molar-refractivity contribution in [3.63, 3.8) is 0 Å². The van der Waals surface area contributed by atoms with Gasteiger partial charge >= 0.3 is 0 Å². The summed E-state index contributed by atoms with van der Waals surface area (Å²) in [5, 5.41) is 0. The minimum Gasteiger partial charge on any atom is -0.496 e. The van der Waals surface area contributed by atoms with E-state index in [2.05, 4.69) is 0 Å². The molecule has 182 valence electrons. The van der Waals surface area contributed by atoms with E-state index in [-0.39, 0.29) is 34.5 Å². The lowest BCUT2D eigenvalue weighted by atomic mass is 9.78. The molecule has 2 aromatic rings. The quantitative estimate of drug-likeness (QED) is 0.449. The third kappa shape index (κ3) is 5.30. The molecule has 0 N–H and O–H groups in total. The molecule has 0 heterocycles. The zero-order valence-electron chi connectivity index (χ0n) is 21.5. The van der Waals surface area contributed by atoms with Gasteiger partial charge in [0.1, 0.15) is 11.5 Å². The second-order valence-electron chi connectivity index (χ2n) is 9.32. The van der Waals surface area contributed by atoms with Crippen LogP contribution in [0.25, 0.3) is 6.08 Å². The van der Waals surface area contributed by atoms with Crippen molar-refractivity contribution in [1.82, 2.24) is 9.80 Å². The second-order valence-corrected chi connectivity index (χ2v) is 9.32. The number of methoxy groups -OCH3 is 2. The highest BCUT2D eigenvalue weighted by Crippen LogP contribution is 2.46. The lowest BCUT2D eigenvalue weighted by molar-refractivity contribution is 0.0785. The Bertz CT molecular complexity index is 1110. The molecule has 0 unspecified atom stereocenters. The van der Waals surface area contributed by atoms with E-state index >= 15 is 0 Å². The first-order valence-corrected chi connectivity index (χ1v) is 10.9. The van der Waals surface area contributed by atoms with Crippen LogP contribution in [0.3, 0.4) is 0 Å². The van der Waals surface area contributed by atoms with Gasteiger partial charge < -0.3 is 19.3 Å². The number of nitrogens with zero attached hydrogens (tertiary/aromatic N) is 2. The van der Waals surface area contributed by atoms with Crippen molar-refractivity contribution >= 4 is 23.7 Å². The molecular weight excluding hydrogens is 432 g/mol. The van der Waals surface area contributed by atoms with Gasteiger partial charge in [-0.1, -0.05) is 51.1 Å². The van der Waals surface area contributed by atoms with E-state index in [0.717, 1.165) is 0 Å². The van der Waals surface area contributed by atoms with E-state index in [9.17, 15) is 14.4 Å². The normalized spacial score (nSPS) is 11.3. The van der Waals surface area contributed by atoms with E-state index in [1.165, 1.54) is 30.1 Å². The first kappa shape index (κ1) is 26.6. The van der Waals surface area contributed by atoms with Crippen LogP contribution in [0.1, 0.15) is 63.0 Å². The summed E-state index contributed by atoms with van der Waals surface area (Å²) in [7, 11) is 9.41. The second kappa shape index (κ2) is 10.5. The Kier molecular flexibility index (Phi) is 8.26. The average molecular weight is 467 g/mol. The Labute approximate surface area is 202 Å². The van der Waals surface area contributed by atoms with E-state index in [4.69, 9.17) is 9.47 Å². The molecule has 34 heavy (non-hydrogen) atoms. The van der Waals surface area contributed by atoms with Gasteiger partial charge in [0, 0.05) is 39.3 Å².